The van der Waals surface area contributed by atoms with Crippen molar-refractivity contribution in [3.05, 3.63) is 17.7 Å². The number of hydrogen-bond donors (Lipinski definition) is 1. The first-order chi connectivity index (χ1) is 12.0. The number of fused-ring (bicyclic) bond motifs is 1. The third-order valence-corrected chi connectivity index (χ3v) is 4.98. The van der Waals surface area contributed by atoms with Crippen LogP contribution < -0.4 is 19.5 Å². The van der Waals surface area contributed by atoms with Gasteiger partial charge in [-0.25, -0.2) is 0 Å². The molecule has 6 heteroatoms. The van der Waals surface area contributed by atoms with Crippen LogP contribution in [0, 0.1) is 0 Å². The van der Waals surface area contributed by atoms with Gasteiger partial charge in [0.25, 0.3) is 5.91 Å². The maximum Gasteiger partial charge on any atom is 0.251 e. The van der Waals surface area contributed by atoms with Crippen molar-refractivity contribution < 1.29 is 19.0 Å². The number of carbonyl (C=O) groups excluding carboxylic acids is 1. The maximum absolute atomic E-state index is 12.6. The quantitative estimate of drug-likeness (QED) is 0.886. The van der Waals surface area contributed by atoms with E-state index in [1.54, 1.807) is 19.2 Å². The Morgan fingerprint density at radius 1 is 1.20 bits per heavy atom. The molecule has 1 aromatic carbocycles. The van der Waals surface area contributed by atoms with Crippen LogP contribution in [0.5, 0.6) is 17.2 Å². The number of benzene rings is 1. The molecule has 2 aliphatic rings. The molecule has 0 bridgehead atoms. The Morgan fingerprint density at radius 2 is 1.92 bits per heavy atom. The van der Waals surface area contributed by atoms with Gasteiger partial charge in [-0.05, 0) is 51.9 Å². The largest absolute Gasteiger partial charge is 0.493 e. The van der Waals surface area contributed by atoms with Crippen LogP contribution in [0.2, 0.25) is 0 Å². The van der Waals surface area contributed by atoms with Crippen molar-refractivity contribution in [3.63, 3.8) is 0 Å². The number of hydrogen-bond acceptors (Lipinski definition) is 5. The number of likely N-dealkylation sites (tertiary alicyclic amines) is 1. The van der Waals surface area contributed by atoms with Gasteiger partial charge in [-0.15, -0.1) is 0 Å². The van der Waals surface area contributed by atoms with E-state index in [0.717, 1.165) is 13.1 Å². The van der Waals surface area contributed by atoms with Gasteiger partial charge in [0.15, 0.2) is 11.5 Å². The average Bonchev–Trinajstić information content (AvgIpc) is 2.66. The molecule has 0 aliphatic carbocycles. The second-order valence-corrected chi connectivity index (χ2v) is 7.25. The van der Waals surface area contributed by atoms with Gasteiger partial charge in [-0.2, -0.15) is 0 Å². The second-order valence-electron chi connectivity index (χ2n) is 7.25. The molecule has 0 atom stereocenters. The van der Waals surface area contributed by atoms with Crippen molar-refractivity contribution in [2.75, 3.05) is 40.0 Å². The van der Waals surface area contributed by atoms with E-state index in [1.165, 1.54) is 19.3 Å². The van der Waals surface area contributed by atoms with Crippen LogP contribution in [0.25, 0.3) is 0 Å². The molecule has 6 nitrogen and oxygen atoms in total. The number of methoxy groups -OCH3 is 1. The van der Waals surface area contributed by atoms with E-state index in [2.05, 4.69) is 24.1 Å². The predicted octanol–water partition coefficient (Wildman–Crippen LogP) is 2.46. The maximum atomic E-state index is 12.6. The number of piperidine rings is 1. The predicted molar refractivity (Wildman–Crippen MR) is 95.8 cm³/mol. The first-order valence-electron chi connectivity index (χ1n) is 9.02. The molecule has 0 aromatic heterocycles. The van der Waals surface area contributed by atoms with Crippen molar-refractivity contribution in [2.24, 2.45) is 0 Å². The highest BCUT2D eigenvalue weighted by atomic mass is 16.6. The Hall–Kier alpha value is -1.95. The Morgan fingerprint density at radius 3 is 2.64 bits per heavy atom. The third-order valence-electron chi connectivity index (χ3n) is 4.98. The van der Waals surface area contributed by atoms with Crippen LogP contribution in [0.15, 0.2) is 12.1 Å². The van der Waals surface area contributed by atoms with Crippen LogP contribution in [0.3, 0.4) is 0 Å². The molecular formula is C19H28N2O4. The Bertz CT molecular complexity index is 607. The molecule has 0 radical (unpaired) electrons. The van der Waals surface area contributed by atoms with E-state index < -0.39 is 0 Å². The summed E-state index contributed by atoms with van der Waals surface area (Å²) in [5.74, 6) is 1.53. The summed E-state index contributed by atoms with van der Waals surface area (Å²) in [7, 11) is 1.56. The first-order valence-corrected chi connectivity index (χ1v) is 9.02. The minimum Gasteiger partial charge on any atom is -0.493 e. The Labute approximate surface area is 149 Å². The van der Waals surface area contributed by atoms with Gasteiger partial charge in [0.05, 0.1) is 7.11 Å². The first kappa shape index (κ1) is 17.9. The SMILES string of the molecule is COc1cc(C(=O)NCC(C)(C)N2CCCCC2)cc2c1OCCO2. The molecular weight excluding hydrogens is 320 g/mol. The highest BCUT2D eigenvalue weighted by Crippen LogP contribution is 2.40. The van der Waals surface area contributed by atoms with Crippen LogP contribution >= 0.6 is 0 Å². The van der Waals surface area contributed by atoms with E-state index >= 15 is 0 Å². The highest BCUT2D eigenvalue weighted by molar-refractivity contribution is 5.95. The fourth-order valence-corrected chi connectivity index (χ4v) is 3.41. The summed E-state index contributed by atoms with van der Waals surface area (Å²) in [6.45, 7) is 8.12. The summed E-state index contributed by atoms with van der Waals surface area (Å²) >= 11 is 0. The number of nitrogens with one attached hydrogen (secondary N) is 1. The molecule has 2 aliphatic heterocycles. The lowest BCUT2D eigenvalue weighted by molar-refractivity contribution is 0.0796. The van der Waals surface area contributed by atoms with Crippen molar-refractivity contribution in [2.45, 2.75) is 38.6 Å². The van der Waals surface area contributed by atoms with E-state index in [9.17, 15) is 4.79 Å². The second kappa shape index (κ2) is 7.52. The van der Waals surface area contributed by atoms with Crippen molar-refractivity contribution in [3.8, 4) is 17.2 Å². The molecule has 138 valence electrons. The topological polar surface area (TPSA) is 60.0 Å². The van der Waals surface area contributed by atoms with Crippen LogP contribution in [0.4, 0.5) is 0 Å². The van der Waals surface area contributed by atoms with Gasteiger partial charge in [0, 0.05) is 17.6 Å². The van der Waals surface area contributed by atoms with Crippen molar-refractivity contribution in [1.29, 1.82) is 0 Å². The Kier molecular flexibility index (Phi) is 5.37. The molecule has 0 spiro atoms. The van der Waals surface area contributed by atoms with Gasteiger partial charge in [0.1, 0.15) is 13.2 Å². The number of amides is 1. The number of carbonyl (C=O) groups is 1. The highest BCUT2D eigenvalue weighted by Gasteiger charge is 2.29. The molecule has 1 aromatic rings. The summed E-state index contributed by atoms with van der Waals surface area (Å²) in [6.07, 6.45) is 3.77. The van der Waals surface area contributed by atoms with Gasteiger partial charge in [-0.1, -0.05) is 6.42 Å². The fraction of sp³-hybridized carbons (Fsp3) is 0.632. The third kappa shape index (κ3) is 4.00. The zero-order valence-electron chi connectivity index (χ0n) is 15.4. The number of rotatable bonds is 5. The molecule has 1 fully saturated rings. The van der Waals surface area contributed by atoms with Gasteiger partial charge in [0.2, 0.25) is 5.75 Å². The number of ether oxygens (including phenoxy) is 3. The van der Waals surface area contributed by atoms with E-state index in [4.69, 9.17) is 14.2 Å². The molecule has 2 heterocycles. The van der Waals surface area contributed by atoms with Crippen LogP contribution in [0.1, 0.15) is 43.5 Å². The van der Waals surface area contributed by atoms with Gasteiger partial charge >= 0.3 is 0 Å². The molecule has 0 unspecified atom stereocenters. The van der Waals surface area contributed by atoms with E-state index in [-0.39, 0.29) is 11.4 Å². The summed E-state index contributed by atoms with van der Waals surface area (Å²) in [4.78, 5) is 15.1. The lowest BCUT2D eigenvalue weighted by Crippen LogP contribution is -2.53. The lowest BCUT2D eigenvalue weighted by Gasteiger charge is -2.41. The molecule has 1 amide bonds. The van der Waals surface area contributed by atoms with E-state index in [0.29, 0.717) is 42.6 Å². The molecule has 0 saturated carbocycles. The number of nitrogens with zero attached hydrogens (tertiary/aromatic N) is 1. The fourth-order valence-electron chi connectivity index (χ4n) is 3.41. The summed E-state index contributed by atoms with van der Waals surface area (Å²) in [5, 5.41) is 3.06. The smallest absolute Gasteiger partial charge is 0.251 e. The summed E-state index contributed by atoms with van der Waals surface area (Å²) in [5.41, 5.74) is 0.462. The summed E-state index contributed by atoms with van der Waals surface area (Å²) in [6, 6.07) is 3.43. The van der Waals surface area contributed by atoms with E-state index in [1.807, 2.05) is 0 Å². The van der Waals surface area contributed by atoms with Gasteiger partial charge < -0.3 is 19.5 Å². The van der Waals surface area contributed by atoms with Crippen molar-refractivity contribution in [1.82, 2.24) is 10.2 Å². The zero-order valence-corrected chi connectivity index (χ0v) is 15.4. The molecule has 25 heavy (non-hydrogen) atoms. The average molecular weight is 348 g/mol. The van der Waals surface area contributed by atoms with Crippen LogP contribution in [-0.4, -0.2) is 56.3 Å². The zero-order chi connectivity index (χ0) is 17.9. The standard InChI is InChI=1S/C19H28N2O4/c1-19(2,21-7-5-4-6-8-21)13-20-18(22)14-11-15(23-3)17-16(12-14)24-9-10-25-17/h11-12H,4-10,13H2,1-3H3,(H,20,22). The molecule has 1 N–H and O–H groups in total. The van der Waals surface area contributed by atoms with Crippen molar-refractivity contribution >= 4 is 5.91 Å². The monoisotopic (exact) mass is 348 g/mol. The minimum absolute atomic E-state index is 0.0615. The molecule has 3 rings (SSSR count). The van der Waals surface area contributed by atoms with Crippen LogP contribution in [-0.2, 0) is 0 Å². The lowest BCUT2D eigenvalue weighted by atomic mass is 9.98. The summed E-state index contributed by atoms with van der Waals surface area (Å²) < 4.78 is 16.5. The normalized spacial score (nSPS) is 17.9. The minimum atomic E-state index is -0.125. The van der Waals surface area contributed by atoms with Gasteiger partial charge in [-0.3, -0.25) is 9.69 Å². The molecule has 1 saturated heterocycles. The Balaban J connectivity index is 1.68.